The molecule has 1 aliphatic heterocycles. The summed E-state index contributed by atoms with van der Waals surface area (Å²) in [5.41, 5.74) is 0.392. The number of carbonyl (C=O) groups is 1. The predicted molar refractivity (Wildman–Crippen MR) is 91.7 cm³/mol. The first kappa shape index (κ1) is 17.4. The third-order valence-corrected chi connectivity index (χ3v) is 4.27. The Morgan fingerprint density at radius 1 is 1.24 bits per heavy atom. The summed E-state index contributed by atoms with van der Waals surface area (Å²) in [5, 5.41) is 11.0. The van der Waals surface area contributed by atoms with Crippen molar-refractivity contribution in [2.45, 2.75) is 26.1 Å². The highest BCUT2D eigenvalue weighted by Crippen LogP contribution is 2.32. The van der Waals surface area contributed by atoms with Gasteiger partial charge >= 0.3 is 0 Å². The van der Waals surface area contributed by atoms with Crippen molar-refractivity contribution in [3.63, 3.8) is 0 Å². The Bertz CT molecular complexity index is 809. The number of carbonyl (C=O) groups excluding carboxylic acids is 1. The zero-order valence-electron chi connectivity index (χ0n) is 13.8. The summed E-state index contributed by atoms with van der Waals surface area (Å²) in [5.74, 6) is 0.370. The first-order valence-electron chi connectivity index (χ1n) is 7.84. The number of benzene rings is 1. The zero-order chi connectivity index (χ0) is 18.1. The Labute approximate surface area is 149 Å². The molecule has 2 atom stereocenters. The van der Waals surface area contributed by atoms with Gasteiger partial charge in [-0.3, -0.25) is 14.9 Å². The van der Waals surface area contributed by atoms with E-state index < -0.39 is 4.92 Å². The minimum absolute atomic E-state index is 0.0359. The molecule has 2 heterocycles. The number of non-ortho nitro benzene ring substituents is 1. The maximum atomic E-state index is 12.6. The minimum atomic E-state index is -0.520. The number of amides is 1. The molecule has 0 spiro atoms. The van der Waals surface area contributed by atoms with E-state index in [0.29, 0.717) is 24.4 Å². The van der Waals surface area contributed by atoms with Crippen LogP contribution in [0.1, 0.15) is 24.4 Å². The molecule has 0 bridgehead atoms. The van der Waals surface area contributed by atoms with Crippen LogP contribution in [0.15, 0.2) is 34.7 Å². The monoisotopic (exact) mass is 364 g/mol. The Morgan fingerprint density at radius 2 is 1.92 bits per heavy atom. The Balaban J connectivity index is 1.83. The highest BCUT2D eigenvalue weighted by atomic mass is 35.5. The fraction of sp³-hybridized carbons (Fsp3) is 0.353. The normalized spacial score (nSPS) is 20.5. The van der Waals surface area contributed by atoms with Crippen LogP contribution in [-0.4, -0.2) is 41.0 Å². The average molecular weight is 365 g/mol. The van der Waals surface area contributed by atoms with Gasteiger partial charge in [0.2, 0.25) is 0 Å². The second-order valence-corrected chi connectivity index (χ2v) is 6.46. The van der Waals surface area contributed by atoms with Gasteiger partial charge in [-0.25, -0.2) is 0 Å². The van der Waals surface area contributed by atoms with E-state index in [-0.39, 0.29) is 34.6 Å². The molecule has 25 heavy (non-hydrogen) atoms. The van der Waals surface area contributed by atoms with E-state index in [0.717, 1.165) is 0 Å². The van der Waals surface area contributed by atoms with Crippen LogP contribution in [0.3, 0.4) is 0 Å². The number of nitro benzene ring substituents is 1. The van der Waals surface area contributed by atoms with Crippen molar-refractivity contribution < 1.29 is 18.9 Å². The number of hydrogen-bond acceptors (Lipinski definition) is 5. The first-order valence-corrected chi connectivity index (χ1v) is 8.22. The maximum absolute atomic E-state index is 12.6. The smallest absolute Gasteiger partial charge is 0.289 e. The van der Waals surface area contributed by atoms with Crippen LogP contribution in [0.25, 0.3) is 11.3 Å². The van der Waals surface area contributed by atoms with Crippen molar-refractivity contribution >= 4 is 23.2 Å². The summed E-state index contributed by atoms with van der Waals surface area (Å²) in [6, 6.07) is 7.32. The van der Waals surface area contributed by atoms with E-state index in [1.165, 1.54) is 18.2 Å². The quantitative estimate of drug-likeness (QED) is 0.611. The Kier molecular flexibility index (Phi) is 4.78. The predicted octanol–water partition coefficient (Wildman–Crippen LogP) is 3.76. The van der Waals surface area contributed by atoms with E-state index in [1.807, 2.05) is 13.8 Å². The lowest BCUT2D eigenvalue weighted by Gasteiger charge is -2.34. The molecule has 8 heteroatoms. The molecule has 1 aliphatic rings. The minimum Gasteiger partial charge on any atom is -0.451 e. The fourth-order valence-corrected chi connectivity index (χ4v) is 3.18. The average Bonchev–Trinajstić information content (AvgIpc) is 3.02. The summed E-state index contributed by atoms with van der Waals surface area (Å²) >= 11 is 6.11. The molecular weight excluding hydrogens is 348 g/mol. The first-order chi connectivity index (χ1) is 11.8. The number of ether oxygens (including phenoxy) is 1. The molecule has 0 aliphatic carbocycles. The molecule has 2 aromatic rings. The van der Waals surface area contributed by atoms with Gasteiger partial charge in [0.15, 0.2) is 5.76 Å². The molecule has 1 aromatic heterocycles. The van der Waals surface area contributed by atoms with Crippen LogP contribution in [0.2, 0.25) is 5.02 Å². The van der Waals surface area contributed by atoms with Gasteiger partial charge in [0.05, 0.1) is 22.2 Å². The molecule has 0 saturated carbocycles. The van der Waals surface area contributed by atoms with Crippen molar-refractivity contribution in [1.82, 2.24) is 4.90 Å². The maximum Gasteiger partial charge on any atom is 0.289 e. The molecule has 7 nitrogen and oxygen atoms in total. The molecule has 0 radical (unpaired) electrons. The van der Waals surface area contributed by atoms with Crippen molar-refractivity contribution in [2.75, 3.05) is 13.1 Å². The lowest BCUT2D eigenvalue weighted by Crippen LogP contribution is -2.48. The van der Waals surface area contributed by atoms with Crippen molar-refractivity contribution in [3.8, 4) is 11.3 Å². The van der Waals surface area contributed by atoms with Gasteiger partial charge in [-0.2, -0.15) is 0 Å². The molecular formula is C17H17ClN2O5. The molecule has 1 amide bonds. The highest BCUT2D eigenvalue weighted by Gasteiger charge is 2.28. The van der Waals surface area contributed by atoms with E-state index >= 15 is 0 Å². The number of halogens is 1. The summed E-state index contributed by atoms with van der Waals surface area (Å²) in [7, 11) is 0. The standard InChI is InChI=1S/C17H17ClN2O5/c1-10-8-19(9-11(2)24-10)17(21)16-6-5-15(25-16)13-4-3-12(20(22)23)7-14(13)18/h3-7,10-11H,8-9H2,1-2H3/t10-,11-/m0/s1. The number of nitrogens with zero attached hydrogens (tertiary/aromatic N) is 2. The van der Waals surface area contributed by atoms with E-state index in [2.05, 4.69) is 0 Å². The van der Waals surface area contributed by atoms with E-state index in [4.69, 9.17) is 20.8 Å². The van der Waals surface area contributed by atoms with Gasteiger partial charge in [0.25, 0.3) is 11.6 Å². The van der Waals surface area contributed by atoms with Crippen LogP contribution < -0.4 is 0 Å². The van der Waals surface area contributed by atoms with Gasteiger partial charge in [-0.05, 0) is 32.0 Å². The summed E-state index contributed by atoms with van der Waals surface area (Å²) < 4.78 is 11.3. The van der Waals surface area contributed by atoms with E-state index in [9.17, 15) is 14.9 Å². The summed E-state index contributed by atoms with van der Waals surface area (Å²) in [4.78, 5) is 24.6. The van der Waals surface area contributed by atoms with Crippen molar-refractivity contribution in [2.24, 2.45) is 0 Å². The second-order valence-electron chi connectivity index (χ2n) is 6.05. The van der Waals surface area contributed by atoms with Gasteiger partial charge in [0, 0.05) is 30.8 Å². The Hall–Kier alpha value is -2.38. The third kappa shape index (κ3) is 3.67. The molecule has 1 saturated heterocycles. The SMILES string of the molecule is C[C@H]1CN(C(=O)c2ccc(-c3ccc([N+](=O)[O-])cc3Cl)o2)C[C@H](C)O1. The van der Waals surface area contributed by atoms with Crippen LogP contribution in [-0.2, 0) is 4.74 Å². The van der Waals surface area contributed by atoms with Crippen molar-refractivity contribution in [1.29, 1.82) is 0 Å². The molecule has 3 rings (SSSR count). The molecule has 1 fully saturated rings. The summed E-state index contributed by atoms with van der Waals surface area (Å²) in [6.45, 7) is 4.83. The van der Waals surface area contributed by atoms with Gasteiger partial charge in [-0.1, -0.05) is 11.6 Å². The Morgan fingerprint density at radius 3 is 2.52 bits per heavy atom. The van der Waals surface area contributed by atoms with Gasteiger partial charge < -0.3 is 14.1 Å². The second kappa shape index (κ2) is 6.85. The zero-order valence-corrected chi connectivity index (χ0v) is 14.5. The van der Waals surface area contributed by atoms with Crippen LogP contribution in [0.5, 0.6) is 0 Å². The number of nitro groups is 1. The lowest BCUT2D eigenvalue weighted by molar-refractivity contribution is -0.384. The van der Waals surface area contributed by atoms with Gasteiger partial charge in [0.1, 0.15) is 5.76 Å². The van der Waals surface area contributed by atoms with Crippen LogP contribution in [0, 0.1) is 10.1 Å². The number of furan rings is 1. The fourth-order valence-electron chi connectivity index (χ4n) is 2.91. The molecule has 0 unspecified atom stereocenters. The highest BCUT2D eigenvalue weighted by molar-refractivity contribution is 6.33. The molecule has 0 N–H and O–H groups in total. The largest absolute Gasteiger partial charge is 0.451 e. The number of hydrogen-bond donors (Lipinski definition) is 0. The van der Waals surface area contributed by atoms with Crippen LogP contribution in [0.4, 0.5) is 5.69 Å². The topological polar surface area (TPSA) is 85.8 Å². The number of rotatable bonds is 3. The van der Waals surface area contributed by atoms with E-state index in [1.54, 1.807) is 17.0 Å². The number of morpholine rings is 1. The molecule has 132 valence electrons. The van der Waals surface area contributed by atoms with Crippen molar-refractivity contribution in [3.05, 3.63) is 51.2 Å². The van der Waals surface area contributed by atoms with Gasteiger partial charge in [-0.15, -0.1) is 0 Å². The lowest BCUT2D eigenvalue weighted by atomic mass is 10.1. The van der Waals surface area contributed by atoms with Crippen LogP contribution >= 0.6 is 11.6 Å². The third-order valence-electron chi connectivity index (χ3n) is 3.95. The summed E-state index contributed by atoms with van der Waals surface area (Å²) in [6.07, 6.45) is -0.0718. The molecule has 1 aromatic carbocycles.